The van der Waals surface area contributed by atoms with Crippen LogP contribution in [0.2, 0.25) is 0 Å². The molecule has 0 atom stereocenters. The summed E-state index contributed by atoms with van der Waals surface area (Å²) in [4.78, 5) is 13.4. The summed E-state index contributed by atoms with van der Waals surface area (Å²) < 4.78 is 19.8. The van der Waals surface area contributed by atoms with Gasteiger partial charge in [0.15, 0.2) is 5.69 Å². The molecule has 0 aliphatic rings. The molecule has 0 aliphatic heterocycles. The van der Waals surface area contributed by atoms with Crippen molar-refractivity contribution < 1.29 is 19.0 Å². The van der Waals surface area contributed by atoms with E-state index in [1.165, 1.54) is 30.1 Å². The molecule has 0 unspecified atom stereocenters. The Kier molecular flexibility index (Phi) is 11.4. The van der Waals surface area contributed by atoms with Crippen LogP contribution in [0.5, 0.6) is 17.2 Å². The van der Waals surface area contributed by atoms with Gasteiger partial charge in [0.25, 0.3) is 5.91 Å². The Bertz CT molecular complexity index is 1240. The van der Waals surface area contributed by atoms with Crippen LogP contribution in [-0.2, 0) is 5.41 Å². The van der Waals surface area contributed by atoms with Crippen molar-refractivity contribution in [3.8, 4) is 22.9 Å². The molecule has 0 fully saturated rings. The van der Waals surface area contributed by atoms with Gasteiger partial charge in [-0.05, 0) is 59.4 Å². The van der Waals surface area contributed by atoms with Crippen molar-refractivity contribution in [2.75, 3.05) is 30.6 Å². The second kappa shape index (κ2) is 14.5. The van der Waals surface area contributed by atoms with Gasteiger partial charge in [0, 0.05) is 6.07 Å². The van der Waals surface area contributed by atoms with E-state index < -0.39 is 0 Å². The van der Waals surface area contributed by atoms with Crippen LogP contribution >= 0.6 is 22.6 Å². The van der Waals surface area contributed by atoms with E-state index in [1.807, 2.05) is 12.1 Å². The van der Waals surface area contributed by atoms with Gasteiger partial charge in [-0.2, -0.15) is 0 Å². The Morgan fingerprint density at radius 3 is 2.31 bits per heavy atom. The van der Waals surface area contributed by atoms with Crippen LogP contribution in [-0.4, -0.2) is 46.2 Å². The minimum Gasteiger partial charge on any atom is -0.497 e. The monoisotopic (exact) mass is 648 g/mol. The molecular weight excluding hydrogens is 607 g/mol. The third-order valence-electron chi connectivity index (χ3n) is 6.60. The zero-order valence-electron chi connectivity index (χ0n) is 24.0. The summed E-state index contributed by atoms with van der Waals surface area (Å²) in [5.74, 6) is 1.54. The molecule has 3 rings (SSSR count). The molecule has 1 aromatic heterocycles. The van der Waals surface area contributed by atoms with Gasteiger partial charge in [-0.25, -0.2) is 4.68 Å². The fourth-order valence-electron chi connectivity index (χ4n) is 4.22. The lowest BCUT2D eigenvalue weighted by atomic mass is 9.87. The Morgan fingerprint density at radius 1 is 0.949 bits per heavy atom. The normalized spacial score (nSPS) is 11.4. The van der Waals surface area contributed by atoms with Crippen molar-refractivity contribution in [2.45, 2.75) is 71.6 Å². The number of halogens is 1. The number of unbranched alkanes of at least 4 members (excludes halogenated alkanes) is 5. The number of aromatic nitrogens is 3. The Labute approximate surface area is 245 Å². The predicted octanol–water partition coefficient (Wildman–Crippen LogP) is 7.30. The molecule has 0 saturated carbocycles. The van der Waals surface area contributed by atoms with E-state index in [4.69, 9.17) is 14.2 Å². The SMILES string of the molecule is COc1ccc(OC)c(-n2nnc(C(=O)Nc3cc(C(C)(C)C)ccc3OCCCCCCCCI)c2C)c1. The summed E-state index contributed by atoms with van der Waals surface area (Å²) in [7, 11) is 3.18. The third-order valence-corrected chi connectivity index (χ3v) is 7.37. The average molecular weight is 649 g/mol. The van der Waals surface area contributed by atoms with Gasteiger partial charge in [-0.1, -0.05) is 80.3 Å². The highest BCUT2D eigenvalue weighted by Gasteiger charge is 2.22. The summed E-state index contributed by atoms with van der Waals surface area (Å²) in [5, 5.41) is 11.5. The number of carbonyl (C=O) groups excluding carboxylic acids is 1. The number of hydrogen-bond acceptors (Lipinski definition) is 6. The highest BCUT2D eigenvalue weighted by Crippen LogP contribution is 2.33. The van der Waals surface area contributed by atoms with Crippen LogP contribution in [0, 0.1) is 6.92 Å². The van der Waals surface area contributed by atoms with Crippen LogP contribution in [0.1, 0.15) is 81.0 Å². The van der Waals surface area contributed by atoms with Crippen LogP contribution in [0.15, 0.2) is 36.4 Å². The van der Waals surface area contributed by atoms with E-state index in [-0.39, 0.29) is 17.0 Å². The molecule has 2 aromatic carbocycles. The van der Waals surface area contributed by atoms with E-state index in [1.54, 1.807) is 44.0 Å². The first-order valence-corrected chi connectivity index (χ1v) is 15.0. The van der Waals surface area contributed by atoms with Crippen molar-refractivity contribution in [3.63, 3.8) is 0 Å². The molecule has 3 aromatic rings. The summed E-state index contributed by atoms with van der Waals surface area (Å²) in [6.07, 6.45) is 7.20. The number of ether oxygens (including phenoxy) is 3. The topological polar surface area (TPSA) is 87.5 Å². The molecule has 39 heavy (non-hydrogen) atoms. The van der Waals surface area contributed by atoms with Crippen LogP contribution in [0.3, 0.4) is 0 Å². The van der Waals surface area contributed by atoms with Crippen molar-refractivity contribution in [2.24, 2.45) is 0 Å². The lowest BCUT2D eigenvalue weighted by Crippen LogP contribution is -2.17. The van der Waals surface area contributed by atoms with Crippen LogP contribution in [0.4, 0.5) is 5.69 Å². The van der Waals surface area contributed by atoms with Crippen molar-refractivity contribution in [1.29, 1.82) is 0 Å². The smallest absolute Gasteiger partial charge is 0.278 e. The molecule has 9 heteroatoms. The van der Waals surface area contributed by atoms with Gasteiger partial charge in [-0.15, -0.1) is 5.10 Å². The van der Waals surface area contributed by atoms with Crippen molar-refractivity contribution >= 4 is 34.2 Å². The number of nitrogens with zero attached hydrogens (tertiary/aromatic N) is 3. The number of nitrogens with one attached hydrogen (secondary N) is 1. The maximum absolute atomic E-state index is 13.4. The van der Waals surface area contributed by atoms with Crippen LogP contribution < -0.4 is 19.5 Å². The molecule has 8 nitrogen and oxygen atoms in total. The molecule has 0 spiro atoms. The van der Waals surface area contributed by atoms with Gasteiger partial charge in [0.05, 0.1) is 32.2 Å². The Morgan fingerprint density at radius 2 is 1.64 bits per heavy atom. The van der Waals surface area contributed by atoms with E-state index in [0.29, 0.717) is 40.9 Å². The van der Waals surface area contributed by atoms with Crippen molar-refractivity contribution in [3.05, 3.63) is 53.3 Å². The highest BCUT2D eigenvalue weighted by atomic mass is 127. The zero-order chi connectivity index (χ0) is 28.4. The lowest BCUT2D eigenvalue weighted by molar-refractivity contribution is 0.102. The number of alkyl halides is 1. The van der Waals surface area contributed by atoms with Crippen molar-refractivity contribution in [1.82, 2.24) is 15.0 Å². The number of benzene rings is 2. The molecule has 212 valence electrons. The lowest BCUT2D eigenvalue weighted by Gasteiger charge is -2.21. The fraction of sp³-hybridized carbons (Fsp3) is 0.500. The number of hydrogen-bond donors (Lipinski definition) is 1. The van der Waals surface area contributed by atoms with E-state index in [2.05, 4.69) is 65.1 Å². The number of carbonyl (C=O) groups is 1. The minimum atomic E-state index is -0.355. The third kappa shape index (κ3) is 8.33. The largest absolute Gasteiger partial charge is 0.497 e. The fourth-order valence-corrected chi connectivity index (χ4v) is 4.76. The van der Waals surface area contributed by atoms with E-state index in [9.17, 15) is 4.79 Å². The number of methoxy groups -OCH3 is 2. The molecule has 0 radical (unpaired) electrons. The summed E-state index contributed by atoms with van der Waals surface area (Å²) in [6, 6.07) is 11.4. The molecule has 1 amide bonds. The molecule has 1 N–H and O–H groups in total. The first-order valence-electron chi connectivity index (χ1n) is 13.5. The Balaban J connectivity index is 1.78. The van der Waals surface area contributed by atoms with Gasteiger partial charge < -0.3 is 19.5 Å². The standard InChI is InChI=1S/C30H41IN4O4/c1-21-28(33-34-35(21)25-20-23(37-5)14-16-27(25)38-6)29(36)32-24-19-22(30(2,3)4)13-15-26(24)39-18-12-10-8-7-9-11-17-31/h13-16,19-20H,7-12,17-18H2,1-6H3,(H,32,36). The van der Waals surface area contributed by atoms with Crippen LogP contribution in [0.25, 0.3) is 5.69 Å². The first kappa shape index (κ1) is 30.7. The summed E-state index contributed by atoms with van der Waals surface area (Å²) >= 11 is 2.43. The maximum atomic E-state index is 13.4. The van der Waals surface area contributed by atoms with Gasteiger partial charge >= 0.3 is 0 Å². The second-order valence-corrected chi connectivity index (χ2v) is 11.6. The summed E-state index contributed by atoms with van der Waals surface area (Å²) in [5.41, 5.74) is 3.07. The zero-order valence-corrected chi connectivity index (χ0v) is 26.1. The van der Waals surface area contributed by atoms with Gasteiger partial charge in [-0.3, -0.25) is 4.79 Å². The molecule has 0 saturated heterocycles. The predicted molar refractivity (Wildman–Crippen MR) is 164 cm³/mol. The van der Waals surface area contributed by atoms with Gasteiger partial charge in [0.1, 0.15) is 22.9 Å². The second-order valence-electron chi connectivity index (χ2n) is 10.5. The summed E-state index contributed by atoms with van der Waals surface area (Å²) in [6.45, 7) is 8.84. The number of rotatable bonds is 14. The number of anilines is 1. The van der Waals surface area contributed by atoms with E-state index in [0.717, 1.165) is 18.4 Å². The molecule has 1 heterocycles. The highest BCUT2D eigenvalue weighted by molar-refractivity contribution is 14.1. The minimum absolute atomic E-state index is 0.0854. The maximum Gasteiger partial charge on any atom is 0.278 e. The first-order chi connectivity index (χ1) is 18.7. The van der Waals surface area contributed by atoms with Gasteiger partial charge in [0.2, 0.25) is 0 Å². The molecular formula is C30H41IN4O4. The quantitative estimate of drug-likeness (QED) is 0.112. The number of amides is 1. The van der Waals surface area contributed by atoms with E-state index >= 15 is 0 Å². The molecule has 0 bridgehead atoms. The Hall–Kier alpha value is -2.82. The molecule has 0 aliphatic carbocycles. The average Bonchev–Trinajstić information content (AvgIpc) is 3.30.